The largest absolute Gasteiger partial charge is 0.372 e. The Balaban J connectivity index is 2.60. The number of pyridine rings is 1. The lowest BCUT2D eigenvalue weighted by atomic mass is 10.3. The van der Waals surface area contributed by atoms with Gasteiger partial charge in [-0.25, -0.2) is 4.98 Å². The van der Waals surface area contributed by atoms with Crippen LogP contribution in [0.3, 0.4) is 0 Å². The summed E-state index contributed by atoms with van der Waals surface area (Å²) in [4.78, 5) is 26.5. The van der Waals surface area contributed by atoms with Gasteiger partial charge in [-0.2, -0.15) is 0 Å². The minimum atomic E-state index is -0.297. The lowest BCUT2D eigenvalue weighted by Crippen LogP contribution is -2.20. The van der Waals surface area contributed by atoms with Crippen LogP contribution in [0.5, 0.6) is 0 Å². The van der Waals surface area contributed by atoms with Crippen LogP contribution in [-0.4, -0.2) is 30.0 Å². The third-order valence-corrected chi connectivity index (χ3v) is 1.96. The van der Waals surface area contributed by atoms with E-state index in [1.165, 1.54) is 13.1 Å². The number of nitrogens with zero attached hydrogens (tertiary/aromatic N) is 1. The highest BCUT2D eigenvalue weighted by molar-refractivity contribution is 5.97. The van der Waals surface area contributed by atoms with E-state index in [0.717, 1.165) is 6.42 Å². The topological polar surface area (TPSA) is 80.3 Å². The van der Waals surface area contributed by atoms with Crippen LogP contribution in [-0.2, 0) is 14.3 Å². The summed E-state index contributed by atoms with van der Waals surface area (Å²) < 4.78 is 5.11. The fourth-order valence-electron chi connectivity index (χ4n) is 1.27. The van der Waals surface area contributed by atoms with Gasteiger partial charge in [-0.15, -0.1) is 0 Å². The Morgan fingerprint density at radius 1 is 1.39 bits per heavy atom. The summed E-state index contributed by atoms with van der Waals surface area (Å²) in [6.07, 6.45) is 2.39. The maximum Gasteiger partial charge on any atom is 0.251 e. The molecular weight excluding hydrogens is 234 g/mol. The monoisotopic (exact) mass is 251 g/mol. The standard InChI is InChI=1S/C12H17N3O3/c1-3-7-18-8-11(17)15-12-10(14-9(2)16)5-4-6-13-12/h4-6H,3,7-8H2,1-2H3,(H,14,16)(H,13,15,17). The molecule has 0 aliphatic heterocycles. The minimum absolute atomic E-state index is 0.0239. The van der Waals surface area contributed by atoms with E-state index < -0.39 is 0 Å². The fraction of sp³-hybridized carbons (Fsp3) is 0.417. The van der Waals surface area contributed by atoms with Crippen molar-refractivity contribution in [3.63, 3.8) is 0 Å². The second-order valence-electron chi connectivity index (χ2n) is 3.68. The Labute approximate surface area is 106 Å². The fourth-order valence-corrected chi connectivity index (χ4v) is 1.27. The zero-order valence-corrected chi connectivity index (χ0v) is 10.5. The molecule has 0 spiro atoms. The number of carbonyl (C=O) groups is 2. The molecule has 0 bridgehead atoms. The van der Waals surface area contributed by atoms with Gasteiger partial charge < -0.3 is 15.4 Å². The third kappa shape index (κ3) is 4.92. The van der Waals surface area contributed by atoms with E-state index in [2.05, 4.69) is 15.6 Å². The predicted octanol–water partition coefficient (Wildman–Crippen LogP) is 1.41. The second-order valence-corrected chi connectivity index (χ2v) is 3.68. The second kappa shape index (κ2) is 7.39. The lowest BCUT2D eigenvalue weighted by Gasteiger charge is -2.09. The van der Waals surface area contributed by atoms with Gasteiger partial charge in [0.1, 0.15) is 6.61 Å². The Morgan fingerprint density at radius 2 is 2.17 bits per heavy atom. The van der Waals surface area contributed by atoms with E-state index in [0.29, 0.717) is 18.1 Å². The molecule has 0 aliphatic rings. The highest BCUT2D eigenvalue weighted by atomic mass is 16.5. The SMILES string of the molecule is CCCOCC(=O)Nc1ncccc1NC(C)=O. The van der Waals surface area contributed by atoms with Crippen LogP contribution in [0.15, 0.2) is 18.3 Å². The molecule has 98 valence electrons. The summed E-state index contributed by atoms with van der Waals surface area (Å²) in [5.74, 6) is -0.202. The number of aromatic nitrogens is 1. The molecule has 1 aromatic rings. The van der Waals surface area contributed by atoms with E-state index in [4.69, 9.17) is 4.74 Å². The van der Waals surface area contributed by atoms with Crippen molar-refractivity contribution in [2.24, 2.45) is 0 Å². The summed E-state index contributed by atoms with van der Waals surface area (Å²) in [5.41, 5.74) is 0.467. The number of carbonyl (C=O) groups excluding carboxylic acids is 2. The molecule has 0 aromatic carbocycles. The maximum absolute atomic E-state index is 11.5. The van der Waals surface area contributed by atoms with Crippen LogP contribution in [0.2, 0.25) is 0 Å². The molecule has 0 fully saturated rings. The molecule has 0 aliphatic carbocycles. The zero-order valence-electron chi connectivity index (χ0n) is 10.5. The number of anilines is 2. The molecule has 1 aromatic heterocycles. The third-order valence-electron chi connectivity index (χ3n) is 1.96. The average molecular weight is 251 g/mol. The van der Waals surface area contributed by atoms with E-state index in [9.17, 15) is 9.59 Å². The first-order valence-electron chi connectivity index (χ1n) is 5.73. The first kappa shape index (κ1) is 14.1. The predicted molar refractivity (Wildman–Crippen MR) is 68.3 cm³/mol. The summed E-state index contributed by atoms with van der Waals surface area (Å²) >= 11 is 0. The Hall–Kier alpha value is -1.95. The van der Waals surface area contributed by atoms with Crippen molar-refractivity contribution >= 4 is 23.3 Å². The highest BCUT2D eigenvalue weighted by Gasteiger charge is 2.08. The van der Waals surface area contributed by atoms with Gasteiger partial charge in [0, 0.05) is 19.7 Å². The molecule has 0 unspecified atom stereocenters. The van der Waals surface area contributed by atoms with Crippen molar-refractivity contribution in [3.8, 4) is 0 Å². The average Bonchev–Trinajstić information content (AvgIpc) is 2.31. The lowest BCUT2D eigenvalue weighted by molar-refractivity contribution is -0.120. The normalized spacial score (nSPS) is 9.89. The van der Waals surface area contributed by atoms with Crippen LogP contribution in [0.25, 0.3) is 0 Å². The first-order valence-corrected chi connectivity index (χ1v) is 5.73. The molecule has 6 heteroatoms. The van der Waals surface area contributed by atoms with Crippen molar-refractivity contribution in [1.29, 1.82) is 0 Å². The van der Waals surface area contributed by atoms with Crippen molar-refractivity contribution in [3.05, 3.63) is 18.3 Å². The molecule has 0 saturated carbocycles. The summed E-state index contributed by atoms with van der Waals surface area (Å²) in [6, 6.07) is 3.34. The van der Waals surface area contributed by atoms with Crippen LogP contribution in [0.4, 0.5) is 11.5 Å². The van der Waals surface area contributed by atoms with Gasteiger partial charge in [-0.3, -0.25) is 9.59 Å². The van der Waals surface area contributed by atoms with E-state index in [-0.39, 0.29) is 18.4 Å². The van der Waals surface area contributed by atoms with Gasteiger partial charge in [0.2, 0.25) is 5.91 Å². The number of nitrogens with one attached hydrogen (secondary N) is 2. The minimum Gasteiger partial charge on any atom is -0.372 e. The molecular formula is C12H17N3O3. The Morgan fingerprint density at radius 3 is 2.83 bits per heavy atom. The van der Waals surface area contributed by atoms with Gasteiger partial charge in [-0.1, -0.05) is 6.92 Å². The van der Waals surface area contributed by atoms with Gasteiger partial charge >= 0.3 is 0 Å². The van der Waals surface area contributed by atoms with E-state index >= 15 is 0 Å². The molecule has 2 N–H and O–H groups in total. The maximum atomic E-state index is 11.5. The van der Waals surface area contributed by atoms with Crippen LogP contribution < -0.4 is 10.6 Å². The molecule has 0 saturated heterocycles. The molecule has 0 atom stereocenters. The summed E-state index contributed by atoms with van der Waals surface area (Å²) in [6.45, 7) is 3.87. The van der Waals surface area contributed by atoms with Crippen molar-refractivity contribution in [2.75, 3.05) is 23.8 Å². The first-order chi connectivity index (χ1) is 8.63. The number of rotatable bonds is 6. The van der Waals surface area contributed by atoms with Crippen LogP contribution in [0, 0.1) is 0 Å². The number of ether oxygens (including phenoxy) is 1. The summed E-state index contributed by atoms with van der Waals surface area (Å²) in [5, 5.41) is 5.17. The highest BCUT2D eigenvalue weighted by Crippen LogP contribution is 2.17. The smallest absolute Gasteiger partial charge is 0.251 e. The number of hydrogen-bond donors (Lipinski definition) is 2. The molecule has 2 amide bonds. The van der Waals surface area contributed by atoms with Crippen molar-refractivity contribution < 1.29 is 14.3 Å². The number of amides is 2. The van der Waals surface area contributed by atoms with Gasteiger partial charge in [0.15, 0.2) is 5.82 Å². The van der Waals surface area contributed by atoms with E-state index in [1.54, 1.807) is 12.1 Å². The van der Waals surface area contributed by atoms with Crippen LogP contribution in [0.1, 0.15) is 20.3 Å². The molecule has 18 heavy (non-hydrogen) atoms. The molecule has 1 rings (SSSR count). The number of hydrogen-bond acceptors (Lipinski definition) is 4. The Kier molecular flexibility index (Phi) is 5.79. The molecule has 0 radical (unpaired) electrons. The van der Waals surface area contributed by atoms with Crippen molar-refractivity contribution in [2.45, 2.75) is 20.3 Å². The van der Waals surface area contributed by atoms with Crippen LogP contribution >= 0.6 is 0 Å². The molecule has 6 nitrogen and oxygen atoms in total. The molecule has 1 heterocycles. The van der Waals surface area contributed by atoms with Crippen molar-refractivity contribution in [1.82, 2.24) is 4.98 Å². The van der Waals surface area contributed by atoms with E-state index in [1.807, 2.05) is 6.92 Å². The summed E-state index contributed by atoms with van der Waals surface area (Å²) in [7, 11) is 0. The van der Waals surface area contributed by atoms with Gasteiger partial charge in [0.25, 0.3) is 5.91 Å². The Bertz CT molecular complexity index is 421. The van der Waals surface area contributed by atoms with Gasteiger partial charge in [-0.05, 0) is 18.6 Å². The van der Waals surface area contributed by atoms with Gasteiger partial charge in [0.05, 0.1) is 5.69 Å². The quantitative estimate of drug-likeness (QED) is 0.749. The zero-order chi connectivity index (χ0) is 13.4.